The van der Waals surface area contributed by atoms with Crippen molar-refractivity contribution in [3.8, 4) is 11.5 Å². The minimum atomic E-state index is -2.90. The van der Waals surface area contributed by atoms with Gasteiger partial charge in [0.05, 0.1) is 20.1 Å². The minimum absolute atomic E-state index is 0.0351. The van der Waals surface area contributed by atoms with E-state index in [-0.39, 0.29) is 18.1 Å². The van der Waals surface area contributed by atoms with Crippen molar-refractivity contribution in [2.24, 2.45) is 5.92 Å². The van der Waals surface area contributed by atoms with Gasteiger partial charge >= 0.3 is 12.6 Å². The highest BCUT2D eigenvalue weighted by atomic mass is 19.3. The van der Waals surface area contributed by atoms with Crippen LogP contribution in [0.25, 0.3) is 12.2 Å². The van der Waals surface area contributed by atoms with Crippen molar-refractivity contribution < 1.29 is 27.8 Å². The van der Waals surface area contributed by atoms with Gasteiger partial charge in [0.15, 0.2) is 11.5 Å². The number of benzene rings is 2. The summed E-state index contributed by atoms with van der Waals surface area (Å²) in [5.74, 6) is 0.547. The van der Waals surface area contributed by atoms with E-state index in [4.69, 9.17) is 4.74 Å². The summed E-state index contributed by atoms with van der Waals surface area (Å²) in [6.45, 7) is -2.40. The molecule has 0 aliphatic heterocycles. The summed E-state index contributed by atoms with van der Waals surface area (Å²) >= 11 is 0. The van der Waals surface area contributed by atoms with Crippen LogP contribution in [0.5, 0.6) is 11.5 Å². The molecule has 0 amide bonds. The maximum Gasteiger partial charge on any atom is 0.387 e. The van der Waals surface area contributed by atoms with Crippen molar-refractivity contribution in [2.45, 2.75) is 25.9 Å². The number of alkyl halides is 2. The highest BCUT2D eigenvalue weighted by Gasteiger charge is 2.23. The second kappa shape index (κ2) is 9.35. The van der Waals surface area contributed by atoms with Crippen molar-refractivity contribution in [1.82, 2.24) is 0 Å². The van der Waals surface area contributed by atoms with Crippen LogP contribution in [0, 0.1) is 5.92 Å². The van der Waals surface area contributed by atoms with Gasteiger partial charge in [-0.15, -0.1) is 0 Å². The highest BCUT2D eigenvalue weighted by molar-refractivity contribution is 5.74. The molecule has 0 bridgehead atoms. The lowest BCUT2D eigenvalue weighted by Gasteiger charge is -2.12. The standard InChI is InChI=1S/C22H22F2O4/c1-26-21(25)13-18-4-2-3-15(11-18)5-6-16-9-10-19(28-22(23)24)20(12-16)27-14-17-7-8-17/h2-6,9-12,17,22H,7-8,13-14H2,1H3/b6-5+. The molecule has 4 nitrogen and oxygen atoms in total. The first-order chi connectivity index (χ1) is 13.5. The topological polar surface area (TPSA) is 44.8 Å². The van der Waals surface area contributed by atoms with Crippen LogP contribution in [-0.4, -0.2) is 26.3 Å². The molecule has 2 aromatic carbocycles. The molecule has 28 heavy (non-hydrogen) atoms. The molecule has 0 saturated heterocycles. The van der Waals surface area contributed by atoms with Gasteiger partial charge in [-0.2, -0.15) is 8.78 Å². The van der Waals surface area contributed by atoms with E-state index >= 15 is 0 Å². The molecule has 0 atom stereocenters. The van der Waals surface area contributed by atoms with Crippen LogP contribution in [0.1, 0.15) is 29.5 Å². The highest BCUT2D eigenvalue weighted by Crippen LogP contribution is 2.34. The molecule has 148 valence electrons. The monoisotopic (exact) mass is 388 g/mol. The normalized spacial score (nSPS) is 13.7. The van der Waals surface area contributed by atoms with Gasteiger partial charge in [-0.25, -0.2) is 0 Å². The quantitative estimate of drug-likeness (QED) is 0.450. The van der Waals surface area contributed by atoms with Gasteiger partial charge in [0, 0.05) is 0 Å². The molecular weight excluding hydrogens is 366 g/mol. The molecule has 1 saturated carbocycles. The summed E-state index contributed by atoms with van der Waals surface area (Å²) in [7, 11) is 1.36. The molecule has 0 spiro atoms. The van der Waals surface area contributed by atoms with E-state index in [1.165, 1.54) is 13.2 Å². The zero-order valence-corrected chi connectivity index (χ0v) is 15.6. The number of halogens is 2. The largest absolute Gasteiger partial charge is 0.489 e. The van der Waals surface area contributed by atoms with Gasteiger partial charge in [-0.05, 0) is 47.6 Å². The summed E-state index contributed by atoms with van der Waals surface area (Å²) in [6, 6.07) is 12.4. The first kappa shape index (κ1) is 19.9. The number of hydrogen-bond donors (Lipinski definition) is 0. The fraction of sp³-hybridized carbons (Fsp3) is 0.318. The molecule has 2 aromatic rings. The van der Waals surface area contributed by atoms with Gasteiger partial charge in [0.2, 0.25) is 0 Å². The number of hydrogen-bond acceptors (Lipinski definition) is 4. The van der Waals surface area contributed by atoms with Crippen LogP contribution < -0.4 is 9.47 Å². The fourth-order valence-electron chi connectivity index (χ4n) is 2.66. The zero-order valence-electron chi connectivity index (χ0n) is 15.6. The van der Waals surface area contributed by atoms with Crippen LogP contribution in [0.15, 0.2) is 42.5 Å². The second-order valence-electron chi connectivity index (χ2n) is 6.67. The van der Waals surface area contributed by atoms with Gasteiger partial charge in [0.25, 0.3) is 0 Å². The van der Waals surface area contributed by atoms with Crippen molar-refractivity contribution in [1.29, 1.82) is 0 Å². The Bertz CT molecular complexity index is 844. The fourth-order valence-corrected chi connectivity index (χ4v) is 2.66. The maximum atomic E-state index is 12.6. The van der Waals surface area contributed by atoms with E-state index in [1.807, 2.05) is 36.4 Å². The predicted octanol–water partition coefficient (Wildman–Crippen LogP) is 4.96. The average molecular weight is 388 g/mol. The van der Waals surface area contributed by atoms with Crippen molar-refractivity contribution in [3.05, 3.63) is 59.2 Å². The molecule has 0 heterocycles. The zero-order chi connectivity index (χ0) is 19.9. The molecular formula is C22H22F2O4. The molecule has 1 fully saturated rings. The van der Waals surface area contributed by atoms with Gasteiger partial charge < -0.3 is 14.2 Å². The van der Waals surface area contributed by atoms with E-state index < -0.39 is 6.61 Å². The number of carbonyl (C=O) groups excluding carboxylic acids is 1. The molecule has 3 rings (SSSR count). The van der Waals surface area contributed by atoms with Gasteiger partial charge in [-0.1, -0.05) is 42.5 Å². The summed E-state index contributed by atoms with van der Waals surface area (Å²) in [5.41, 5.74) is 2.56. The molecule has 0 N–H and O–H groups in total. The smallest absolute Gasteiger partial charge is 0.387 e. The maximum absolute atomic E-state index is 12.6. The average Bonchev–Trinajstić information content (AvgIpc) is 3.50. The van der Waals surface area contributed by atoms with Crippen LogP contribution in [-0.2, 0) is 16.0 Å². The summed E-state index contributed by atoms with van der Waals surface area (Å²) in [6.07, 6.45) is 6.15. The Hall–Kier alpha value is -2.89. The molecule has 1 aliphatic rings. The van der Waals surface area contributed by atoms with Crippen LogP contribution >= 0.6 is 0 Å². The SMILES string of the molecule is COC(=O)Cc1cccc(/C=C/c2ccc(OC(F)F)c(OCC3CC3)c2)c1. The Morgan fingerprint density at radius 3 is 2.54 bits per heavy atom. The van der Waals surface area contributed by atoms with Crippen molar-refractivity contribution in [2.75, 3.05) is 13.7 Å². The minimum Gasteiger partial charge on any atom is -0.489 e. The number of esters is 1. The lowest BCUT2D eigenvalue weighted by molar-refractivity contribution is -0.139. The Kier molecular flexibility index (Phi) is 6.63. The van der Waals surface area contributed by atoms with Gasteiger partial charge in [-0.3, -0.25) is 4.79 Å². The molecule has 0 unspecified atom stereocenters. The lowest BCUT2D eigenvalue weighted by Crippen LogP contribution is -2.06. The van der Waals surface area contributed by atoms with E-state index in [0.29, 0.717) is 18.3 Å². The second-order valence-corrected chi connectivity index (χ2v) is 6.67. The van der Waals surface area contributed by atoms with Gasteiger partial charge in [0.1, 0.15) is 0 Å². The first-order valence-electron chi connectivity index (χ1n) is 9.09. The third-order valence-corrected chi connectivity index (χ3v) is 4.35. The Morgan fingerprint density at radius 1 is 1.11 bits per heavy atom. The third-order valence-electron chi connectivity index (χ3n) is 4.35. The Labute approximate surface area is 162 Å². The molecule has 0 aromatic heterocycles. The van der Waals surface area contributed by atoms with E-state index in [2.05, 4.69) is 9.47 Å². The predicted molar refractivity (Wildman–Crippen MR) is 102 cm³/mol. The Morgan fingerprint density at radius 2 is 1.86 bits per heavy atom. The molecule has 6 heteroatoms. The van der Waals surface area contributed by atoms with E-state index in [1.54, 1.807) is 12.1 Å². The van der Waals surface area contributed by atoms with Crippen LogP contribution in [0.3, 0.4) is 0 Å². The van der Waals surface area contributed by atoms with Crippen LogP contribution in [0.2, 0.25) is 0 Å². The van der Waals surface area contributed by atoms with Crippen molar-refractivity contribution in [3.63, 3.8) is 0 Å². The van der Waals surface area contributed by atoms with Crippen LogP contribution in [0.4, 0.5) is 8.78 Å². The first-order valence-corrected chi connectivity index (χ1v) is 9.09. The number of ether oxygens (including phenoxy) is 3. The summed E-state index contributed by atoms with van der Waals surface area (Å²) in [5, 5.41) is 0. The number of rotatable bonds is 9. The van der Waals surface area contributed by atoms with Crippen molar-refractivity contribution >= 4 is 18.1 Å². The number of methoxy groups -OCH3 is 1. The number of carbonyl (C=O) groups is 1. The molecule has 0 radical (unpaired) electrons. The summed E-state index contributed by atoms with van der Waals surface area (Å²) < 4.78 is 40.1. The van der Waals surface area contributed by atoms with E-state index in [0.717, 1.165) is 29.5 Å². The third kappa shape index (κ3) is 6.08. The molecule has 1 aliphatic carbocycles. The summed E-state index contributed by atoms with van der Waals surface area (Å²) in [4.78, 5) is 11.4. The Balaban J connectivity index is 1.74. The lowest BCUT2D eigenvalue weighted by atomic mass is 10.1. The van der Waals surface area contributed by atoms with E-state index in [9.17, 15) is 13.6 Å².